The third-order valence-corrected chi connectivity index (χ3v) is 21.9. The number of hydrogen-bond acceptors (Lipinski definition) is 12. The van der Waals surface area contributed by atoms with Gasteiger partial charge >= 0.3 is 21.1 Å². The molecule has 0 unspecified atom stereocenters. The van der Waals surface area contributed by atoms with Gasteiger partial charge in [0.25, 0.3) is 0 Å². The second kappa shape index (κ2) is 30.3. The van der Waals surface area contributed by atoms with Gasteiger partial charge in [-0.1, -0.05) is 140 Å². The van der Waals surface area contributed by atoms with Gasteiger partial charge in [0.2, 0.25) is 0 Å². The van der Waals surface area contributed by atoms with Crippen LogP contribution in [0.15, 0.2) is 82.0 Å². The summed E-state index contributed by atoms with van der Waals surface area (Å²) in [6, 6.07) is 28.2. The number of nitrogens with zero attached hydrogens (tertiary/aromatic N) is 5. The van der Waals surface area contributed by atoms with Crippen molar-refractivity contribution < 1.29 is 42.1 Å². The monoisotopic (exact) mass is 1350 g/mol. The smallest absolute Gasteiger partial charge is 0.405 e. The van der Waals surface area contributed by atoms with E-state index in [2.05, 4.69) is 158 Å². The summed E-state index contributed by atoms with van der Waals surface area (Å²) in [5, 5.41) is 19.4. The number of aromatic nitrogens is 6. The maximum atomic E-state index is 6.21. The fourth-order valence-electron chi connectivity index (χ4n) is 7.98. The van der Waals surface area contributed by atoms with E-state index < -0.39 is 45.4 Å². The minimum Gasteiger partial charge on any atom is -0.405 e. The molecule has 0 amide bonds. The van der Waals surface area contributed by atoms with Crippen LogP contribution in [0.3, 0.4) is 0 Å². The topological polar surface area (TPSA) is 147 Å². The first-order chi connectivity index (χ1) is 37.3. The summed E-state index contributed by atoms with van der Waals surface area (Å²) < 4.78 is 58.6. The van der Waals surface area contributed by atoms with Crippen LogP contribution in [0.25, 0.3) is 32.7 Å². The van der Waals surface area contributed by atoms with E-state index in [1.54, 1.807) is 0 Å². The number of H-pyrrole nitrogens is 1. The molecule has 0 aliphatic carbocycles. The van der Waals surface area contributed by atoms with Crippen molar-refractivity contribution >= 4 is 127 Å². The van der Waals surface area contributed by atoms with Crippen molar-refractivity contribution in [3.05, 3.63) is 82.0 Å². The van der Waals surface area contributed by atoms with Gasteiger partial charge in [-0.3, -0.25) is 5.10 Å². The highest BCUT2D eigenvalue weighted by atomic mass is 79.9. The summed E-state index contributed by atoms with van der Waals surface area (Å²) in [5.74, 6) is 0. The Kier molecular flexibility index (Phi) is 27.4. The molecule has 0 atom stereocenters. The van der Waals surface area contributed by atoms with E-state index in [1.165, 1.54) is 12.1 Å². The van der Waals surface area contributed by atoms with Crippen molar-refractivity contribution in [2.75, 3.05) is 25.9 Å². The van der Waals surface area contributed by atoms with Gasteiger partial charge in [0, 0.05) is 60.2 Å². The Hall–Kier alpha value is -2.19. The van der Waals surface area contributed by atoms with E-state index in [4.69, 9.17) is 58.8 Å². The van der Waals surface area contributed by atoms with Crippen LogP contribution in [0, 0.1) is 0 Å². The van der Waals surface area contributed by atoms with Gasteiger partial charge in [0.15, 0.2) is 0 Å². The zero-order chi connectivity index (χ0) is 60.6. The third kappa shape index (κ3) is 21.2. The molecule has 3 aromatic carbocycles. The number of aromatic amines is 1. The van der Waals surface area contributed by atoms with Crippen LogP contribution >= 0.6 is 43.5 Å². The quantitative estimate of drug-likeness (QED) is 0.0559. The maximum Gasteiger partial charge on any atom is 0.517 e. The number of hydrogen-bond donors (Lipinski definition) is 1. The molecular formula is C59H102B3Br2ClN6O9Si3. The molecule has 0 radical (unpaired) electrons. The molecule has 3 aromatic heterocycles. The van der Waals surface area contributed by atoms with Gasteiger partial charge in [-0.2, -0.15) is 15.3 Å². The first-order valence-electron chi connectivity index (χ1n) is 28.3. The van der Waals surface area contributed by atoms with Crippen LogP contribution in [0.4, 0.5) is 0 Å². The van der Waals surface area contributed by atoms with Gasteiger partial charge in [0.05, 0.1) is 50.2 Å². The Bertz CT molecular complexity index is 2860. The number of alkyl halides is 1. The number of benzene rings is 3. The highest BCUT2D eigenvalue weighted by Crippen LogP contribution is 2.43. The molecule has 15 nitrogen and oxygen atoms in total. The summed E-state index contributed by atoms with van der Waals surface area (Å²) >= 11 is 12.2. The van der Waals surface area contributed by atoms with Crippen molar-refractivity contribution in [2.24, 2.45) is 0 Å². The molecule has 24 heteroatoms. The Morgan fingerprint density at radius 1 is 0.494 bits per heavy atom. The average molecular weight is 1350 g/mol. The third-order valence-electron chi connectivity index (χ3n) is 15.4. The lowest BCUT2D eigenvalue weighted by atomic mass is 9.49. The lowest BCUT2D eigenvalue weighted by Crippen LogP contribution is -2.41. The van der Waals surface area contributed by atoms with E-state index in [0.29, 0.717) is 19.5 Å². The lowest BCUT2D eigenvalue weighted by molar-refractivity contribution is 0.00578. The SMILES string of the molecule is Brc1[nH]nc2ccccc12.C.C.CC1(C)OB(B2OC(C)(C)C(C)(C)O2)OC1(C)C.CC1(C)OB(c2nn(COCC[Si](C)(C)C)c3ccccc23)OC1(C)C.C[Si](C)(C)CCOCCl.C[Si](C)(C)CCOCn1nc(Br)c2ccccc21. The van der Waals surface area contributed by atoms with E-state index in [9.17, 15) is 0 Å². The number of rotatable bonds is 16. The van der Waals surface area contributed by atoms with Crippen molar-refractivity contribution in [1.29, 1.82) is 0 Å². The number of fused-ring (bicyclic) bond motifs is 3. The predicted molar refractivity (Wildman–Crippen MR) is 365 cm³/mol. The molecule has 0 spiro atoms. The first-order valence-corrected chi connectivity index (χ1v) is 41.5. The molecule has 3 aliphatic rings. The van der Waals surface area contributed by atoms with Gasteiger partial charge in [-0.05, 0) is 151 Å². The van der Waals surface area contributed by atoms with Crippen molar-refractivity contribution in [1.82, 2.24) is 29.8 Å². The largest absolute Gasteiger partial charge is 0.517 e. The molecule has 0 saturated carbocycles. The van der Waals surface area contributed by atoms with Crippen LogP contribution < -0.4 is 5.59 Å². The molecule has 6 aromatic rings. The number of para-hydroxylation sites is 3. The normalized spacial score (nSPS) is 18.2. The molecule has 83 heavy (non-hydrogen) atoms. The summed E-state index contributed by atoms with van der Waals surface area (Å²) in [4.78, 5) is 0. The average Bonchev–Trinajstić information content (AvgIpc) is 3.29. The van der Waals surface area contributed by atoms with Crippen molar-refractivity contribution in [3.8, 4) is 0 Å². The second-order valence-electron chi connectivity index (χ2n) is 27.6. The van der Waals surface area contributed by atoms with Crippen LogP contribution in [0.2, 0.25) is 77.1 Å². The minimum atomic E-state index is -1.09. The molecular weight excluding hydrogens is 1250 g/mol. The van der Waals surface area contributed by atoms with Crippen LogP contribution in [0.5, 0.6) is 0 Å². The molecule has 3 fully saturated rings. The summed E-state index contributed by atoms with van der Waals surface area (Å²) in [5.41, 5.74) is 1.78. The molecule has 6 heterocycles. The van der Waals surface area contributed by atoms with Crippen LogP contribution in [0.1, 0.15) is 97.9 Å². The van der Waals surface area contributed by atoms with Gasteiger partial charge in [-0.15, -0.1) is 0 Å². The van der Waals surface area contributed by atoms with Gasteiger partial charge in [0.1, 0.15) is 34.3 Å². The van der Waals surface area contributed by atoms with E-state index in [-0.39, 0.29) is 48.5 Å². The Labute approximate surface area is 525 Å². The van der Waals surface area contributed by atoms with E-state index >= 15 is 0 Å². The summed E-state index contributed by atoms with van der Waals surface area (Å²) in [6.07, 6.45) is 0. The Morgan fingerprint density at radius 2 is 0.843 bits per heavy atom. The highest BCUT2D eigenvalue weighted by Gasteiger charge is 2.64. The van der Waals surface area contributed by atoms with Crippen molar-refractivity contribution in [2.45, 2.75) is 222 Å². The van der Waals surface area contributed by atoms with E-state index in [1.807, 2.05) is 113 Å². The zero-order valence-corrected chi connectivity index (χ0v) is 59.5. The predicted octanol–water partition coefficient (Wildman–Crippen LogP) is 16.1. The van der Waals surface area contributed by atoms with Crippen LogP contribution in [-0.4, -0.2) is 135 Å². The van der Waals surface area contributed by atoms with Gasteiger partial charge < -0.3 is 42.1 Å². The van der Waals surface area contributed by atoms with Gasteiger partial charge in [-0.25, -0.2) is 9.36 Å². The van der Waals surface area contributed by atoms with Crippen molar-refractivity contribution in [3.63, 3.8) is 0 Å². The molecule has 464 valence electrons. The molecule has 3 aliphatic heterocycles. The molecule has 1 N–H and O–H groups in total. The van der Waals surface area contributed by atoms with Crippen LogP contribution in [-0.2, 0) is 55.6 Å². The molecule has 9 rings (SSSR count). The van der Waals surface area contributed by atoms with E-state index in [0.717, 1.165) is 73.4 Å². The summed E-state index contributed by atoms with van der Waals surface area (Å²) in [6.45, 7) is 49.0. The molecule has 3 saturated heterocycles. The number of nitrogens with one attached hydrogen (secondary N) is 1. The Morgan fingerprint density at radius 3 is 1.25 bits per heavy atom. The first kappa shape index (κ1) is 75.1. The number of halogens is 3. The standard InChI is InChI=1S/C19H31BN2O3Si.C13H19BrN2OSi.C12H24B2O4.C7H5BrN2.C6H15ClOSi.2CH4/c1-18(2)19(3,4)25-20(24-18)17-15-10-8-9-11-16(15)22(21-17)14-23-12-13-26(5,6)7;1-18(2,3)9-8-17-10-16-12-7-5-4-6-11(12)13(14)15-16;1-9(2)10(3,4)16-13(15-9)14-17-11(5,6)12(7,8)18-14;8-7-5-3-1-2-4-6(5)9-10-7;1-9(2,3)5-4-8-6-7;;/h8-11H,12-14H2,1-7H3;4-7H,8-10H2,1-3H3;1-8H3;1-4H,(H,9,10);4-6H2,1-3H3;2*1H4. The fraction of sp³-hybridized carbons (Fsp3) is 0.644. The summed E-state index contributed by atoms with van der Waals surface area (Å²) in [7, 11) is -4.39. The Balaban J connectivity index is 0.000000284. The lowest BCUT2D eigenvalue weighted by Gasteiger charge is -2.32. The second-order valence-corrected chi connectivity index (χ2v) is 46.3. The maximum absolute atomic E-state index is 6.21. The highest BCUT2D eigenvalue weighted by molar-refractivity contribution is 9.10. The zero-order valence-electron chi connectivity index (χ0n) is 52.6. The fourth-order valence-corrected chi connectivity index (χ4v) is 11.3. The number of ether oxygens (including phenoxy) is 3. The minimum absolute atomic E-state index is 0. The molecule has 0 bridgehead atoms.